The van der Waals surface area contributed by atoms with Crippen molar-refractivity contribution in [1.29, 1.82) is 0 Å². The van der Waals surface area contributed by atoms with E-state index in [0.717, 1.165) is 27.7 Å². The first-order chi connectivity index (χ1) is 17.4. The molecule has 3 aromatic heterocycles. The molecule has 4 aromatic rings. The molecule has 0 saturated heterocycles. The van der Waals surface area contributed by atoms with Crippen molar-refractivity contribution >= 4 is 34.2 Å². The summed E-state index contributed by atoms with van der Waals surface area (Å²) in [6, 6.07) is 12.6. The molecule has 9 heteroatoms. The Labute approximate surface area is 208 Å². The summed E-state index contributed by atoms with van der Waals surface area (Å²) in [5.41, 5.74) is 10.3. The van der Waals surface area contributed by atoms with Gasteiger partial charge < -0.3 is 26.7 Å². The van der Waals surface area contributed by atoms with E-state index in [2.05, 4.69) is 44.7 Å². The van der Waals surface area contributed by atoms with Crippen molar-refractivity contribution in [2.45, 2.75) is 31.8 Å². The van der Waals surface area contributed by atoms with Gasteiger partial charge in [0.2, 0.25) is 0 Å². The van der Waals surface area contributed by atoms with Crippen molar-refractivity contribution in [2.75, 3.05) is 23.7 Å². The maximum absolute atomic E-state index is 13.3. The quantitative estimate of drug-likeness (QED) is 0.272. The van der Waals surface area contributed by atoms with Gasteiger partial charge in [-0.05, 0) is 53.1 Å². The van der Waals surface area contributed by atoms with E-state index >= 15 is 0 Å². The van der Waals surface area contributed by atoms with Gasteiger partial charge in [-0.1, -0.05) is 19.9 Å². The molecule has 1 unspecified atom stereocenters. The number of nitrogens with one attached hydrogen (secondary N) is 4. The van der Waals surface area contributed by atoms with Crippen molar-refractivity contribution < 1.29 is 9.59 Å². The average molecular weight is 484 g/mol. The molecule has 1 aromatic carbocycles. The fourth-order valence-electron chi connectivity index (χ4n) is 4.74. The molecular weight excluding hydrogens is 454 g/mol. The van der Waals surface area contributed by atoms with E-state index in [1.165, 1.54) is 0 Å². The number of nitrogens with zero attached hydrogens (tertiary/aromatic N) is 2. The largest absolute Gasteiger partial charge is 0.365 e. The Morgan fingerprint density at radius 1 is 1.14 bits per heavy atom. The first-order valence-corrected chi connectivity index (χ1v) is 11.9. The van der Waals surface area contributed by atoms with Crippen LogP contribution in [0, 0.1) is 0 Å². The molecule has 9 nitrogen and oxygen atoms in total. The number of amides is 1. The maximum atomic E-state index is 13.3. The number of H-pyrrole nitrogens is 1. The third-order valence-electron chi connectivity index (χ3n) is 6.67. The number of benzene rings is 1. The number of hydrogen-bond donors (Lipinski definition) is 5. The number of fused-ring (bicyclic) bond motifs is 2. The van der Waals surface area contributed by atoms with Gasteiger partial charge in [-0.25, -0.2) is 9.97 Å². The molecule has 0 aliphatic carbocycles. The Morgan fingerprint density at radius 2 is 2.00 bits per heavy atom. The Morgan fingerprint density at radius 3 is 2.83 bits per heavy atom. The zero-order valence-corrected chi connectivity index (χ0v) is 20.3. The number of rotatable bonds is 7. The SMILES string of the molecule is CC1(C)CNC(C(=O)CN)c2cc(NC(=O)c3cccnc3NCc3ccnc4[nH]ccc34)ccc21. The zero-order chi connectivity index (χ0) is 25.3. The molecule has 0 spiro atoms. The zero-order valence-electron chi connectivity index (χ0n) is 20.3. The lowest BCUT2D eigenvalue weighted by atomic mass is 9.76. The predicted octanol–water partition coefficient (Wildman–Crippen LogP) is 3.27. The first kappa shape index (κ1) is 23.7. The molecule has 6 N–H and O–H groups in total. The van der Waals surface area contributed by atoms with Gasteiger partial charge in [0.05, 0.1) is 18.2 Å². The van der Waals surface area contributed by atoms with E-state index in [1.54, 1.807) is 24.5 Å². The fourth-order valence-corrected chi connectivity index (χ4v) is 4.74. The van der Waals surface area contributed by atoms with Gasteiger partial charge in [-0.3, -0.25) is 9.59 Å². The molecule has 0 saturated carbocycles. The summed E-state index contributed by atoms with van der Waals surface area (Å²) in [4.78, 5) is 37.6. The van der Waals surface area contributed by atoms with E-state index in [9.17, 15) is 9.59 Å². The van der Waals surface area contributed by atoms with Gasteiger partial charge in [0.25, 0.3) is 5.91 Å². The molecule has 1 aliphatic heterocycles. The minimum Gasteiger partial charge on any atom is -0.365 e. The van der Waals surface area contributed by atoms with Crippen molar-refractivity contribution in [3.05, 3.63) is 83.3 Å². The van der Waals surface area contributed by atoms with Crippen LogP contribution in [0.2, 0.25) is 0 Å². The highest BCUT2D eigenvalue weighted by Crippen LogP contribution is 2.36. The van der Waals surface area contributed by atoms with Crippen LogP contribution in [0.4, 0.5) is 11.5 Å². The Hall–Kier alpha value is -4.08. The van der Waals surface area contributed by atoms with Crippen LogP contribution < -0.4 is 21.7 Å². The van der Waals surface area contributed by atoms with Gasteiger partial charge >= 0.3 is 0 Å². The standard InChI is InChI=1S/C27H29N7O2/c1-27(2)15-33-23(22(35)13-28)20-12-17(5-6-21(20)27)34-26(36)19-4-3-9-29-25(19)32-14-16-7-10-30-24-18(16)8-11-31-24/h3-12,23,33H,13-15,28H2,1-2H3,(H,29,32)(H,30,31)(H,34,36). The van der Waals surface area contributed by atoms with E-state index in [-0.39, 0.29) is 23.7 Å². The lowest BCUT2D eigenvalue weighted by Gasteiger charge is -2.37. The van der Waals surface area contributed by atoms with Crippen LogP contribution >= 0.6 is 0 Å². The smallest absolute Gasteiger partial charge is 0.259 e. The Kier molecular flexibility index (Phi) is 6.26. The number of anilines is 2. The molecular formula is C27H29N7O2. The van der Waals surface area contributed by atoms with Crippen molar-refractivity contribution in [3.63, 3.8) is 0 Å². The third-order valence-corrected chi connectivity index (χ3v) is 6.67. The highest BCUT2D eigenvalue weighted by atomic mass is 16.1. The van der Waals surface area contributed by atoms with Crippen LogP contribution in [0.5, 0.6) is 0 Å². The topological polar surface area (TPSA) is 138 Å². The van der Waals surface area contributed by atoms with Gasteiger partial charge in [0.15, 0.2) is 5.78 Å². The summed E-state index contributed by atoms with van der Waals surface area (Å²) >= 11 is 0. The first-order valence-electron chi connectivity index (χ1n) is 11.9. The van der Waals surface area contributed by atoms with Crippen LogP contribution in [0.3, 0.4) is 0 Å². The number of nitrogens with two attached hydrogens (primary N) is 1. The molecule has 1 aliphatic rings. The monoisotopic (exact) mass is 483 g/mol. The van der Waals surface area contributed by atoms with Gasteiger partial charge in [0, 0.05) is 48.2 Å². The summed E-state index contributed by atoms with van der Waals surface area (Å²) in [6.45, 7) is 5.34. The molecule has 36 heavy (non-hydrogen) atoms. The molecule has 0 radical (unpaired) electrons. The van der Waals surface area contributed by atoms with Crippen LogP contribution in [-0.2, 0) is 16.8 Å². The van der Waals surface area contributed by atoms with Gasteiger partial charge in [0.1, 0.15) is 11.5 Å². The Balaban J connectivity index is 1.38. The van der Waals surface area contributed by atoms with E-state index < -0.39 is 6.04 Å². The number of carbonyl (C=O) groups excluding carboxylic acids is 2. The number of carbonyl (C=O) groups is 2. The molecule has 184 valence electrons. The number of aromatic amines is 1. The van der Waals surface area contributed by atoms with Crippen LogP contribution in [0.25, 0.3) is 11.0 Å². The summed E-state index contributed by atoms with van der Waals surface area (Å²) in [6.07, 6.45) is 5.24. The summed E-state index contributed by atoms with van der Waals surface area (Å²) in [5.74, 6) is 0.103. The number of aromatic nitrogens is 3. The fraction of sp³-hybridized carbons (Fsp3) is 0.259. The number of hydrogen-bond acceptors (Lipinski definition) is 7. The normalized spacial score (nSPS) is 16.4. The second kappa shape index (κ2) is 9.52. The van der Waals surface area contributed by atoms with E-state index in [4.69, 9.17) is 5.73 Å². The highest BCUT2D eigenvalue weighted by molar-refractivity contribution is 6.07. The second-order valence-corrected chi connectivity index (χ2v) is 9.59. The molecule has 0 fully saturated rings. The molecule has 1 atom stereocenters. The van der Waals surface area contributed by atoms with E-state index in [1.807, 2.05) is 36.5 Å². The number of pyridine rings is 2. The maximum Gasteiger partial charge on any atom is 0.259 e. The lowest BCUT2D eigenvalue weighted by molar-refractivity contribution is -0.120. The summed E-state index contributed by atoms with van der Waals surface area (Å²) in [5, 5.41) is 10.6. The molecule has 1 amide bonds. The van der Waals surface area contributed by atoms with Crippen molar-refractivity contribution in [2.24, 2.45) is 5.73 Å². The van der Waals surface area contributed by atoms with Crippen molar-refractivity contribution in [3.8, 4) is 0 Å². The predicted molar refractivity (Wildman–Crippen MR) is 140 cm³/mol. The van der Waals surface area contributed by atoms with Crippen molar-refractivity contribution in [1.82, 2.24) is 20.3 Å². The van der Waals surface area contributed by atoms with Gasteiger partial charge in [-0.15, -0.1) is 0 Å². The minimum atomic E-state index is -0.490. The van der Waals surface area contributed by atoms with Crippen LogP contribution in [-0.4, -0.2) is 39.7 Å². The van der Waals surface area contributed by atoms with E-state index in [0.29, 0.717) is 30.2 Å². The lowest BCUT2D eigenvalue weighted by Crippen LogP contribution is -2.45. The summed E-state index contributed by atoms with van der Waals surface area (Å²) in [7, 11) is 0. The average Bonchev–Trinajstić information content (AvgIpc) is 3.37. The highest BCUT2D eigenvalue weighted by Gasteiger charge is 2.35. The summed E-state index contributed by atoms with van der Waals surface area (Å²) < 4.78 is 0. The Bertz CT molecular complexity index is 1440. The molecule has 4 heterocycles. The molecule has 0 bridgehead atoms. The van der Waals surface area contributed by atoms with Crippen LogP contribution in [0.15, 0.2) is 61.1 Å². The third kappa shape index (κ3) is 4.46. The second-order valence-electron chi connectivity index (χ2n) is 9.59. The molecule has 5 rings (SSSR count). The minimum absolute atomic E-state index is 0.0502. The van der Waals surface area contributed by atoms with Crippen LogP contribution in [0.1, 0.15) is 46.9 Å². The van der Waals surface area contributed by atoms with Gasteiger partial charge in [-0.2, -0.15) is 0 Å². The number of Topliss-reactive ketones (excluding diaryl/α,β-unsaturated/α-hetero) is 1. The number of ketones is 1.